The van der Waals surface area contributed by atoms with Crippen LogP contribution < -0.4 is 10.6 Å². The van der Waals surface area contributed by atoms with E-state index in [9.17, 15) is 14.0 Å². The predicted molar refractivity (Wildman–Crippen MR) is 95.4 cm³/mol. The van der Waals surface area contributed by atoms with E-state index >= 15 is 0 Å². The molecule has 5 heteroatoms. The molecule has 0 fully saturated rings. The highest BCUT2D eigenvalue weighted by atomic mass is 19.1. The smallest absolute Gasteiger partial charge is 0.251 e. The number of amides is 2. The quantitative estimate of drug-likeness (QED) is 0.811. The lowest BCUT2D eigenvalue weighted by Gasteiger charge is -2.23. The van der Waals surface area contributed by atoms with Crippen LogP contribution in [-0.2, 0) is 11.3 Å². The largest absolute Gasteiger partial charge is 0.350 e. The molecule has 2 aromatic rings. The van der Waals surface area contributed by atoms with E-state index in [4.69, 9.17) is 0 Å². The number of nitrogens with one attached hydrogen (secondary N) is 2. The highest BCUT2D eigenvalue weighted by Gasteiger charge is 2.26. The Labute approximate surface area is 147 Å². The van der Waals surface area contributed by atoms with Gasteiger partial charge in [-0.15, -0.1) is 0 Å². The lowest BCUT2D eigenvalue weighted by molar-refractivity contribution is -0.124. The summed E-state index contributed by atoms with van der Waals surface area (Å²) in [6.45, 7) is 4.18. The molecule has 2 N–H and O–H groups in total. The number of hydrogen-bond acceptors (Lipinski definition) is 2. The molecular formula is C20H23FN2O2. The SMILES string of the molecule is CC[C@H](C)[C@H](NC(=O)c1ccccc1)C(=O)NCc1ccc(F)cc1. The van der Waals surface area contributed by atoms with E-state index in [0.29, 0.717) is 5.56 Å². The molecule has 0 aliphatic heterocycles. The first-order chi connectivity index (χ1) is 12.0. The van der Waals surface area contributed by atoms with Crippen LogP contribution in [0.3, 0.4) is 0 Å². The minimum Gasteiger partial charge on any atom is -0.350 e. The molecule has 0 bridgehead atoms. The lowest BCUT2D eigenvalue weighted by Crippen LogP contribution is -2.50. The zero-order valence-corrected chi connectivity index (χ0v) is 14.5. The van der Waals surface area contributed by atoms with Crippen molar-refractivity contribution in [3.05, 3.63) is 71.5 Å². The second-order valence-electron chi connectivity index (χ2n) is 6.05. The highest BCUT2D eigenvalue weighted by molar-refractivity contribution is 5.97. The molecule has 2 rings (SSSR count). The van der Waals surface area contributed by atoms with Crippen LogP contribution in [0.5, 0.6) is 0 Å². The maximum atomic E-state index is 12.9. The zero-order valence-electron chi connectivity index (χ0n) is 14.5. The van der Waals surface area contributed by atoms with Crippen LogP contribution in [-0.4, -0.2) is 17.9 Å². The van der Waals surface area contributed by atoms with Crippen LogP contribution in [0.15, 0.2) is 54.6 Å². The summed E-state index contributed by atoms with van der Waals surface area (Å²) in [6.07, 6.45) is 0.754. The summed E-state index contributed by atoms with van der Waals surface area (Å²) >= 11 is 0. The third-order valence-corrected chi connectivity index (χ3v) is 4.20. The van der Waals surface area contributed by atoms with E-state index in [1.54, 1.807) is 36.4 Å². The number of benzene rings is 2. The second kappa shape index (κ2) is 8.97. The maximum Gasteiger partial charge on any atom is 0.251 e. The second-order valence-corrected chi connectivity index (χ2v) is 6.05. The maximum absolute atomic E-state index is 12.9. The molecule has 0 heterocycles. The minimum atomic E-state index is -0.627. The van der Waals surface area contributed by atoms with E-state index in [-0.39, 0.29) is 30.1 Å². The Hall–Kier alpha value is -2.69. The van der Waals surface area contributed by atoms with Gasteiger partial charge in [-0.05, 0) is 35.7 Å². The summed E-state index contributed by atoms with van der Waals surface area (Å²) in [4.78, 5) is 24.9. The Kier molecular flexibility index (Phi) is 6.69. The van der Waals surface area contributed by atoms with Crippen molar-refractivity contribution in [2.24, 2.45) is 5.92 Å². The van der Waals surface area contributed by atoms with Gasteiger partial charge in [0.25, 0.3) is 5.91 Å². The van der Waals surface area contributed by atoms with Gasteiger partial charge in [0.05, 0.1) is 0 Å². The first-order valence-electron chi connectivity index (χ1n) is 8.39. The summed E-state index contributed by atoms with van der Waals surface area (Å²) in [5, 5.41) is 5.63. The molecule has 0 saturated carbocycles. The van der Waals surface area contributed by atoms with E-state index < -0.39 is 6.04 Å². The summed E-state index contributed by atoms with van der Waals surface area (Å²) in [6, 6.07) is 14.1. The van der Waals surface area contributed by atoms with Crippen molar-refractivity contribution < 1.29 is 14.0 Å². The van der Waals surface area contributed by atoms with Gasteiger partial charge in [0.2, 0.25) is 5.91 Å². The number of halogens is 1. The van der Waals surface area contributed by atoms with Gasteiger partial charge in [-0.25, -0.2) is 4.39 Å². The molecule has 2 atom stereocenters. The van der Waals surface area contributed by atoms with Crippen molar-refractivity contribution in [3.8, 4) is 0 Å². The van der Waals surface area contributed by atoms with Crippen molar-refractivity contribution in [2.75, 3.05) is 0 Å². The number of carbonyl (C=O) groups excluding carboxylic acids is 2. The highest BCUT2D eigenvalue weighted by Crippen LogP contribution is 2.10. The fourth-order valence-electron chi connectivity index (χ4n) is 2.42. The fourth-order valence-corrected chi connectivity index (χ4v) is 2.42. The standard InChI is InChI=1S/C20H23FN2O2/c1-3-14(2)18(23-19(24)16-7-5-4-6-8-16)20(25)22-13-15-9-11-17(21)12-10-15/h4-12,14,18H,3,13H2,1-2H3,(H,22,25)(H,23,24)/t14-,18-/m0/s1. The van der Waals surface area contributed by atoms with Gasteiger partial charge in [0.15, 0.2) is 0 Å². The average molecular weight is 342 g/mol. The molecule has 4 nitrogen and oxygen atoms in total. The van der Waals surface area contributed by atoms with Gasteiger partial charge in [-0.2, -0.15) is 0 Å². The van der Waals surface area contributed by atoms with Crippen molar-refractivity contribution in [2.45, 2.75) is 32.9 Å². The summed E-state index contributed by atoms with van der Waals surface area (Å²) in [5.74, 6) is -0.852. The van der Waals surface area contributed by atoms with Crippen molar-refractivity contribution >= 4 is 11.8 Å². The van der Waals surface area contributed by atoms with Crippen LogP contribution in [0.25, 0.3) is 0 Å². The molecule has 2 amide bonds. The Morgan fingerprint density at radius 1 is 1.04 bits per heavy atom. The predicted octanol–water partition coefficient (Wildman–Crippen LogP) is 3.29. The van der Waals surface area contributed by atoms with Crippen LogP contribution in [0.4, 0.5) is 4.39 Å². The Morgan fingerprint density at radius 3 is 2.28 bits per heavy atom. The number of carbonyl (C=O) groups is 2. The van der Waals surface area contributed by atoms with E-state index in [0.717, 1.165) is 12.0 Å². The summed E-state index contributed by atoms with van der Waals surface area (Å²) in [7, 11) is 0. The van der Waals surface area contributed by atoms with Crippen LogP contribution in [0.2, 0.25) is 0 Å². The topological polar surface area (TPSA) is 58.2 Å². The van der Waals surface area contributed by atoms with E-state index in [1.807, 2.05) is 19.9 Å². The van der Waals surface area contributed by atoms with Gasteiger partial charge in [-0.3, -0.25) is 9.59 Å². The average Bonchev–Trinajstić information content (AvgIpc) is 2.65. The van der Waals surface area contributed by atoms with Crippen molar-refractivity contribution in [1.29, 1.82) is 0 Å². The third-order valence-electron chi connectivity index (χ3n) is 4.20. The monoisotopic (exact) mass is 342 g/mol. The first kappa shape index (κ1) is 18.6. The molecule has 0 spiro atoms. The minimum absolute atomic E-state index is 0.0131. The summed E-state index contributed by atoms with van der Waals surface area (Å²) in [5.41, 5.74) is 1.31. The third kappa shape index (κ3) is 5.41. The molecule has 2 aromatic carbocycles. The molecule has 0 unspecified atom stereocenters. The fraction of sp³-hybridized carbons (Fsp3) is 0.300. The van der Waals surface area contributed by atoms with Gasteiger partial charge < -0.3 is 10.6 Å². The Bertz CT molecular complexity index is 701. The Morgan fingerprint density at radius 2 is 1.68 bits per heavy atom. The van der Waals surface area contributed by atoms with Gasteiger partial charge in [-0.1, -0.05) is 50.6 Å². The van der Waals surface area contributed by atoms with E-state index in [2.05, 4.69) is 10.6 Å². The molecule has 0 radical (unpaired) electrons. The lowest BCUT2D eigenvalue weighted by atomic mass is 9.97. The number of hydrogen-bond donors (Lipinski definition) is 2. The van der Waals surface area contributed by atoms with Gasteiger partial charge >= 0.3 is 0 Å². The van der Waals surface area contributed by atoms with Crippen LogP contribution >= 0.6 is 0 Å². The van der Waals surface area contributed by atoms with E-state index in [1.165, 1.54) is 12.1 Å². The van der Waals surface area contributed by atoms with Crippen molar-refractivity contribution in [1.82, 2.24) is 10.6 Å². The first-order valence-corrected chi connectivity index (χ1v) is 8.39. The molecule has 132 valence electrons. The van der Waals surface area contributed by atoms with Crippen LogP contribution in [0, 0.1) is 11.7 Å². The molecule has 0 aliphatic carbocycles. The van der Waals surface area contributed by atoms with Gasteiger partial charge in [0.1, 0.15) is 11.9 Å². The molecule has 0 saturated heterocycles. The summed E-state index contributed by atoms with van der Waals surface area (Å²) < 4.78 is 12.9. The molecule has 0 aliphatic rings. The number of rotatable bonds is 7. The molecule has 25 heavy (non-hydrogen) atoms. The van der Waals surface area contributed by atoms with Gasteiger partial charge in [0, 0.05) is 12.1 Å². The normalized spacial score (nSPS) is 12.9. The molecular weight excluding hydrogens is 319 g/mol. The van der Waals surface area contributed by atoms with Crippen LogP contribution in [0.1, 0.15) is 36.2 Å². The Balaban J connectivity index is 2.01. The zero-order chi connectivity index (χ0) is 18.2. The molecule has 0 aromatic heterocycles. The van der Waals surface area contributed by atoms with Crippen molar-refractivity contribution in [3.63, 3.8) is 0 Å².